The molecule has 108 valence electrons. The van der Waals surface area contributed by atoms with Crippen molar-refractivity contribution in [3.05, 3.63) is 12.7 Å². The number of aromatic nitrogens is 3. The van der Waals surface area contributed by atoms with Crippen molar-refractivity contribution in [3.63, 3.8) is 0 Å². The van der Waals surface area contributed by atoms with Crippen LogP contribution >= 0.6 is 0 Å². The summed E-state index contributed by atoms with van der Waals surface area (Å²) in [6, 6.07) is 0. The van der Waals surface area contributed by atoms with Crippen molar-refractivity contribution < 1.29 is 9.50 Å². The lowest BCUT2D eigenvalue weighted by atomic mass is 9.73. The first kappa shape index (κ1) is 14.4. The van der Waals surface area contributed by atoms with Gasteiger partial charge in [-0.15, -0.1) is 0 Å². The Bertz CT molecular complexity index is 374. The molecule has 1 heterocycles. The number of alkyl halides is 1. The second-order valence-corrected chi connectivity index (χ2v) is 6.24. The molecule has 1 atom stereocenters. The van der Waals surface area contributed by atoms with Crippen LogP contribution in [-0.4, -0.2) is 31.6 Å². The lowest BCUT2D eigenvalue weighted by molar-refractivity contribution is -0.0699. The molecule has 19 heavy (non-hydrogen) atoms. The molecule has 1 N–H and O–H groups in total. The molecule has 2 rings (SSSR count). The Balaban J connectivity index is 2.09. The van der Waals surface area contributed by atoms with Crippen LogP contribution in [0.25, 0.3) is 0 Å². The summed E-state index contributed by atoms with van der Waals surface area (Å²) in [5.74, 6) is 0.558. The fourth-order valence-electron chi connectivity index (χ4n) is 3.25. The maximum absolute atomic E-state index is 13.3. The Labute approximate surface area is 114 Å². The van der Waals surface area contributed by atoms with Gasteiger partial charge >= 0.3 is 0 Å². The lowest BCUT2D eigenvalue weighted by Crippen LogP contribution is -2.45. The SMILES string of the molecule is CC(C)CC(O)(Cn1cncn1)C1CCC(F)CC1. The number of aliphatic hydroxyl groups is 1. The van der Waals surface area contributed by atoms with Crippen LogP contribution in [0.4, 0.5) is 4.39 Å². The molecule has 0 bridgehead atoms. The topological polar surface area (TPSA) is 50.9 Å². The Morgan fingerprint density at radius 3 is 2.58 bits per heavy atom. The summed E-state index contributed by atoms with van der Waals surface area (Å²) in [6.45, 7) is 4.66. The number of nitrogens with zero attached hydrogens (tertiary/aromatic N) is 3. The van der Waals surface area contributed by atoms with E-state index in [0.717, 1.165) is 12.8 Å². The highest BCUT2D eigenvalue weighted by Gasteiger charge is 2.39. The Hall–Kier alpha value is -0.970. The van der Waals surface area contributed by atoms with Gasteiger partial charge in [-0.2, -0.15) is 5.10 Å². The first-order chi connectivity index (χ1) is 8.99. The van der Waals surface area contributed by atoms with Crippen LogP contribution in [0.2, 0.25) is 0 Å². The standard InChI is InChI=1S/C14H24FN3O/c1-11(2)7-14(19,8-18-10-16-9-17-18)12-3-5-13(15)6-4-12/h9-13,19H,3-8H2,1-2H3. The molecule has 1 aliphatic rings. The van der Waals surface area contributed by atoms with Crippen molar-refractivity contribution in [3.8, 4) is 0 Å². The van der Waals surface area contributed by atoms with Gasteiger partial charge in [-0.05, 0) is 43.9 Å². The number of hydrogen-bond acceptors (Lipinski definition) is 3. The van der Waals surface area contributed by atoms with Crippen LogP contribution in [0.3, 0.4) is 0 Å². The van der Waals surface area contributed by atoms with E-state index in [4.69, 9.17) is 0 Å². The third-order valence-electron chi connectivity index (χ3n) is 4.08. The predicted octanol–water partition coefficient (Wildman–Crippen LogP) is 2.58. The average Bonchev–Trinajstić information content (AvgIpc) is 2.81. The van der Waals surface area contributed by atoms with Gasteiger partial charge < -0.3 is 5.11 Å². The fourth-order valence-corrected chi connectivity index (χ4v) is 3.25. The summed E-state index contributed by atoms with van der Waals surface area (Å²) in [5, 5.41) is 15.1. The van der Waals surface area contributed by atoms with Gasteiger partial charge in [0.05, 0.1) is 12.1 Å². The van der Waals surface area contributed by atoms with E-state index in [-0.39, 0.29) is 5.92 Å². The van der Waals surface area contributed by atoms with Gasteiger partial charge in [-0.1, -0.05) is 13.8 Å². The van der Waals surface area contributed by atoms with Gasteiger partial charge in [0.1, 0.15) is 18.8 Å². The normalized spacial score (nSPS) is 27.4. The maximum atomic E-state index is 13.3. The minimum absolute atomic E-state index is 0.158. The van der Waals surface area contributed by atoms with E-state index in [1.54, 1.807) is 11.0 Å². The van der Waals surface area contributed by atoms with Crippen molar-refractivity contribution in [2.24, 2.45) is 11.8 Å². The van der Waals surface area contributed by atoms with E-state index in [2.05, 4.69) is 23.9 Å². The molecule has 0 aromatic carbocycles. The molecule has 1 aliphatic carbocycles. The quantitative estimate of drug-likeness (QED) is 0.894. The zero-order valence-corrected chi connectivity index (χ0v) is 11.8. The Kier molecular flexibility index (Phi) is 4.55. The number of rotatable bonds is 5. The maximum Gasteiger partial charge on any atom is 0.137 e. The lowest BCUT2D eigenvalue weighted by Gasteiger charge is -2.40. The van der Waals surface area contributed by atoms with Crippen molar-refractivity contribution >= 4 is 0 Å². The summed E-state index contributed by atoms with van der Waals surface area (Å²) >= 11 is 0. The monoisotopic (exact) mass is 269 g/mol. The molecule has 4 nitrogen and oxygen atoms in total. The van der Waals surface area contributed by atoms with E-state index in [9.17, 15) is 9.50 Å². The van der Waals surface area contributed by atoms with E-state index in [1.807, 2.05) is 0 Å². The summed E-state index contributed by atoms with van der Waals surface area (Å²) in [7, 11) is 0. The van der Waals surface area contributed by atoms with Gasteiger partial charge in [0.15, 0.2) is 0 Å². The molecular weight excluding hydrogens is 245 g/mol. The van der Waals surface area contributed by atoms with Crippen molar-refractivity contribution in [1.29, 1.82) is 0 Å². The van der Waals surface area contributed by atoms with Crippen LogP contribution < -0.4 is 0 Å². The highest BCUT2D eigenvalue weighted by Crippen LogP contribution is 2.38. The summed E-state index contributed by atoms with van der Waals surface area (Å²) in [5.41, 5.74) is -0.804. The molecular formula is C14H24FN3O. The first-order valence-corrected chi connectivity index (χ1v) is 7.18. The van der Waals surface area contributed by atoms with Crippen LogP contribution in [0.5, 0.6) is 0 Å². The van der Waals surface area contributed by atoms with Gasteiger partial charge in [-0.3, -0.25) is 4.68 Å². The molecule has 0 saturated heterocycles. The highest BCUT2D eigenvalue weighted by atomic mass is 19.1. The molecule has 0 spiro atoms. The van der Waals surface area contributed by atoms with Crippen LogP contribution in [0, 0.1) is 11.8 Å². The molecule has 0 radical (unpaired) electrons. The Morgan fingerprint density at radius 1 is 1.37 bits per heavy atom. The van der Waals surface area contributed by atoms with E-state index in [0.29, 0.717) is 31.7 Å². The molecule has 1 saturated carbocycles. The van der Waals surface area contributed by atoms with Gasteiger partial charge in [0.25, 0.3) is 0 Å². The van der Waals surface area contributed by atoms with Crippen molar-refractivity contribution in [1.82, 2.24) is 14.8 Å². The first-order valence-electron chi connectivity index (χ1n) is 7.18. The number of hydrogen-bond donors (Lipinski definition) is 1. The van der Waals surface area contributed by atoms with E-state index >= 15 is 0 Å². The second kappa shape index (κ2) is 5.99. The molecule has 1 fully saturated rings. The van der Waals surface area contributed by atoms with Gasteiger partial charge in [0, 0.05) is 0 Å². The van der Waals surface area contributed by atoms with Crippen LogP contribution in [-0.2, 0) is 6.54 Å². The van der Waals surface area contributed by atoms with Gasteiger partial charge in [0.2, 0.25) is 0 Å². The molecule has 0 amide bonds. The highest BCUT2D eigenvalue weighted by molar-refractivity contribution is 4.90. The second-order valence-electron chi connectivity index (χ2n) is 6.24. The van der Waals surface area contributed by atoms with E-state index in [1.165, 1.54) is 6.33 Å². The minimum atomic E-state index is -0.804. The molecule has 1 aromatic rings. The average molecular weight is 269 g/mol. The third kappa shape index (κ3) is 3.75. The molecule has 5 heteroatoms. The Morgan fingerprint density at radius 2 is 2.05 bits per heavy atom. The number of halogens is 1. The zero-order chi connectivity index (χ0) is 13.9. The largest absolute Gasteiger partial charge is 0.388 e. The smallest absolute Gasteiger partial charge is 0.137 e. The summed E-state index contributed by atoms with van der Waals surface area (Å²) in [6.07, 6.45) is 5.81. The van der Waals surface area contributed by atoms with Crippen LogP contribution in [0.1, 0.15) is 46.0 Å². The minimum Gasteiger partial charge on any atom is -0.388 e. The molecule has 1 aromatic heterocycles. The van der Waals surface area contributed by atoms with Crippen LogP contribution in [0.15, 0.2) is 12.7 Å². The predicted molar refractivity (Wildman–Crippen MR) is 71.3 cm³/mol. The van der Waals surface area contributed by atoms with Crippen molar-refractivity contribution in [2.75, 3.05) is 0 Å². The summed E-state index contributed by atoms with van der Waals surface area (Å²) in [4.78, 5) is 3.92. The summed E-state index contributed by atoms with van der Waals surface area (Å²) < 4.78 is 15.0. The molecule has 0 aliphatic heterocycles. The van der Waals surface area contributed by atoms with Gasteiger partial charge in [-0.25, -0.2) is 9.37 Å². The van der Waals surface area contributed by atoms with Crippen molar-refractivity contribution in [2.45, 2.75) is 64.3 Å². The fraction of sp³-hybridized carbons (Fsp3) is 0.857. The third-order valence-corrected chi connectivity index (χ3v) is 4.08. The zero-order valence-electron chi connectivity index (χ0n) is 11.8. The molecule has 1 unspecified atom stereocenters. The van der Waals surface area contributed by atoms with E-state index < -0.39 is 11.8 Å².